The summed E-state index contributed by atoms with van der Waals surface area (Å²) in [4.78, 5) is 0. The lowest BCUT2D eigenvalue weighted by Crippen LogP contribution is -2.44. The third-order valence-corrected chi connectivity index (χ3v) is 4.53. The minimum absolute atomic E-state index is 0.811. The van der Waals surface area contributed by atoms with E-state index in [1.54, 1.807) is 0 Å². The Kier molecular flexibility index (Phi) is 3.71. The molecular weight excluding hydrogens is 182 g/mol. The van der Waals surface area contributed by atoms with Gasteiger partial charge in [0.2, 0.25) is 0 Å². The first kappa shape index (κ1) is 11.4. The first-order chi connectivity index (χ1) is 7.22. The van der Waals surface area contributed by atoms with E-state index in [1.165, 1.54) is 38.5 Å². The van der Waals surface area contributed by atoms with Gasteiger partial charge in [0.15, 0.2) is 0 Å². The number of hydrogen-bond donors (Lipinski definition) is 1. The van der Waals surface area contributed by atoms with Crippen molar-refractivity contribution in [3.8, 4) is 0 Å². The Morgan fingerprint density at radius 3 is 2.40 bits per heavy atom. The minimum atomic E-state index is 0.811. The fraction of sp³-hybridized carbons (Fsp3) is 1.00. The summed E-state index contributed by atoms with van der Waals surface area (Å²) in [5.41, 5.74) is 0. The van der Waals surface area contributed by atoms with Gasteiger partial charge in [-0.25, -0.2) is 0 Å². The van der Waals surface area contributed by atoms with E-state index in [4.69, 9.17) is 0 Å². The van der Waals surface area contributed by atoms with Gasteiger partial charge in [-0.1, -0.05) is 33.6 Å². The molecule has 0 amide bonds. The molecule has 2 rings (SSSR count). The van der Waals surface area contributed by atoms with Gasteiger partial charge in [0.25, 0.3) is 0 Å². The summed E-state index contributed by atoms with van der Waals surface area (Å²) in [7, 11) is 0. The van der Waals surface area contributed by atoms with Crippen molar-refractivity contribution in [3.05, 3.63) is 0 Å². The van der Waals surface area contributed by atoms with E-state index >= 15 is 0 Å². The van der Waals surface area contributed by atoms with E-state index in [0.29, 0.717) is 0 Å². The normalized spacial score (nSPS) is 45.4. The Labute approximate surface area is 95.0 Å². The van der Waals surface area contributed by atoms with E-state index in [-0.39, 0.29) is 0 Å². The van der Waals surface area contributed by atoms with Gasteiger partial charge in [-0.3, -0.25) is 0 Å². The lowest BCUT2D eigenvalue weighted by atomic mass is 9.78. The molecular formula is C14H27N. The van der Waals surface area contributed by atoms with Crippen LogP contribution in [0.25, 0.3) is 0 Å². The lowest BCUT2D eigenvalue weighted by Gasteiger charge is -2.35. The standard InChI is InChI=1S/C14H27N/c1-4-6-12-9-13(12)15-14-10(2)7-5-8-11(14)3/h10-15H,4-9H2,1-3H3. The SMILES string of the molecule is CCCC1CC1NC1C(C)CCCC1C. The Hall–Kier alpha value is -0.0400. The molecule has 0 aromatic heterocycles. The highest BCUT2D eigenvalue weighted by Gasteiger charge is 2.39. The Morgan fingerprint density at radius 2 is 1.80 bits per heavy atom. The van der Waals surface area contributed by atoms with E-state index in [2.05, 4.69) is 26.1 Å². The monoisotopic (exact) mass is 209 g/mol. The second kappa shape index (κ2) is 4.86. The summed E-state index contributed by atoms with van der Waals surface area (Å²) in [5, 5.41) is 3.93. The maximum Gasteiger partial charge on any atom is 0.0121 e. The summed E-state index contributed by atoms with van der Waals surface area (Å²) in [6.07, 6.45) is 8.57. The van der Waals surface area contributed by atoms with Crippen LogP contribution in [0.3, 0.4) is 0 Å². The van der Waals surface area contributed by atoms with Gasteiger partial charge in [-0.05, 0) is 43.4 Å². The summed E-state index contributed by atoms with van der Waals surface area (Å²) in [6, 6.07) is 1.68. The third kappa shape index (κ3) is 2.75. The maximum absolute atomic E-state index is 3.93. The highest BCUT2D eigenvalue weighted by molar-refractivity contribution is 4.97. The maximum atomic E-state index is 3.93. The summed E-state index contributed by atoms with van der Waals surface area (Å²) in [6.45, 7) is 7.18. The Balaban J connectivity index is 1.78. The van der Waals surface area contributed by atoms with Crippen LogP contribution in [0.2, 0.25) is 0 Å². The van der Waals surface area contributed by atoms with Crippen LogP contribution in [0, 0.1) is 17.8 Å². The number of nitrogens with one attached hydrogen (secondary N) is 1. The highest BCUT2D eigenvalue weighted by atomic mass is 15.0. The Bertz CT molecular complexity index is 192. The van der Waals surface area contributed by atoms with Crippen LogP contribution in [0.4, 0.5) is 0 Å². The van der Waals surface area contributed by atoms with Crippen molar-refractivity contribution >= 4 is 0 Å². The molecule has 2 aliphatic carbocycles. The van der Waals surface area contributed by atoms with Crippen molar-refractivity contribution in [1.82, 2.24) is 5.32 Å². The fourth-order valence-electron chi connectivity index (χ4n) is 3.40. The average Bonchev–Trinajstić information content (AvgIpc) is 2.91. The number of rotatable bonds is 4. The van der Waals surface area contributed by atoms with Gasteiger partial charge in [0, 0.05) is 12.1 Å². The molecule has 1 heteroatoms. The Morgan fingerprint density at radius 1 is 1.13 bits per heavy atom. The zero-order valence-electron chi connectivity index (χ0n) is 10.6. The number of hydrogen-bond acceptors (Lipinski definition) is 1. The average molecular weight is 209 g/mol. The summed E-state index contributed by atoms with van der Waals surface area (Å²) < 4.78 is 0. The summed E-state index contributed by atoms with van der Waals surface area (Å²) >= 11 is 0. The van der Waals surface area contributed by atoms with Crippen molar-refractivity contribution < 1.29 is 0 Å². The molecule has 2 aliphatic rings. The minimum Gasteiger partial charge on any atom is -0.310 e. The molecule has 0 bridgehead atoms. The van der Waals surface area contributed by atoms with Crippen LogP contribution in [0.1, 0.15) is 59.3 Å². The van der Waals surface area contributed by atoms with Crippen LogP contribution < -0.4 is 5.32 Å². The van der Waals surface area contributed by atoms with Crippen molar-refractivity contribution in [1.29, 1.82) is 0 Å². The molecule has 2 fully saturated rings. The molecule has 2 saturated carbocycles. The molecule has 15 heavy (non-hydrogen) atoms. The van der Waals surface area contributed by atoms with Crippen LogP contribution in [0.5, 0.6) is 0 Å². The van der Waals surface area contributed by atoms with Gasteiger partial charge in [-0.15, -0.1) is 0 Å². The smallest absolute Gasteiger partial charge is 0.0121 e. The molecule has 0 radical (unpaired) electrons. The topological polar surface area (TPSA) is 12.0 Å². The predicted molar refractivity (Wildman–Crippen MR) is 65.9 cm³/mol. The van der Waals surface area contributed by atoms with Gasteiger partial charge in [0.05, 0.1) is 0 Å². The zero-order valence-corrected chi connectivity index (χ0v) is 10.6. The van der Waals surface area contributed by atoms with E-state index in [9.17, 15) is 0 Å². The molecule has 1 N–H and O–H groups in total. The van der Waals surface area contributed by atoms with Gasteiger partial charge < -0.3 is 5.32 Å². The van der Waals surface area contributed by atoms with Crippen molar-refractivity contribution in [2.75, 3.05) is 0 Å². The van der Waals surface area contributed by atoms with Gasteiger partial charge in [0.1, 0.15) is 0 Å². The van der Waals surface area contributed by atoms with Crippen LogP contribution in [0.15, 0.2) is 0 Å². The molecule has 88 valence electrons. The second-order valence-corrected chi connectivity index (χ2v) is 5.97. The van der Waals surface area contributed by atoms with Gasteiger partial charge in [-0.2, -0.15) is 0 Å². The lowest BCUT2D eigenvalue weighted by molar-refractivity contribution is 0.205. The van der Waals surface area contributed by atoms with Crippen LogP contribution >= 0.6 is 0 Å². The van der Waals surface area contributed by atoms with Crippen molar-refractivity contribution in [2.45, 2.75) is 71.4 Å². The second-order valence-electron chi connectivity index (χ2n) is 5.97. The molecule has 1 nitrogen and oxygen atoms in total. The van der Waals surface area contributed by atoms with E-state index in [0.717, 1.165) is 29.8 Å². The molecule has 4 unspecified atom stereocenters. The van der Waals surface area contributed by atoms with Gasteiger partial charge >= 0.3 is 0 Å². The first-order valence-electron chi connectivity index (χ1n) is 6.98. The highest BCUT2D eigenvalue weighted by Crippen LogP contribution is 2.38. The largest absolute Gasteiger partial charge is 0.310 e. The predicted octanol–water partition coefficient (Wildman–Crippen LogP) is 3.59. The van der Waals surface area contributed by atoms with E-state index in [1.807, 2.05) is 0 Å². The first-order valence-corrected chi connectivity index (χ1v) is 6.98. The molecule has 0 saturated heterocycles. The quantitative estimate of drug-likeness (QED) is 0.746. The molecule has 0 aromatic rings. The molecule has 0 aromatic carbocycles. The summed E-state index contributed by atoms with van der Waals surface area (Å²) in [5.74, 6) is 2.81. The van der Waals surface area contributed by atoms with Crippen molar-refractivity contribution in [2.24, 2.45) is 17.8 Å². The third-order valence-electron chi connectivity index (χ3n) is 4.53. The molecule has 4 atom stereocenters. The van der Waals surface area contributed by atoms with Crippen LogP contribution in [-0.4, -0.2) is 12.1 Å². The molecule has 0 heterocycles. The van der Waals surface area contributed by atoms with E-state index < -0.39 is 0 Å². The molecule has 0 aliphatic heterocycles. The van der Waals surface area contributed by atoms with Crippen molar-refractivity contribution in [3.63, 3.8) is 0 Å². The fourth-order valence-corrected chi connectivity index (χ4v) is 3.40. The zero-order chi connectivity index (χ0) is 10.8. The van der Waals surface area contributed by atoms with Crippen LogP contribution in [-0.2, 0) is 0 Å². The molecule has 0 spiro atoms.